The van der Waals surface area contributed by atoms with Gasteiger partial charge in [-0.05, 0) is 13.0 Å². The third-order valence-corrected chi connectivity index (χ3v) is 2.10. The van der Waals surface area contributed by atoms with Gasteiger partial charge in [0.15, 0.2) is 0 Å². The van der Waals surface area contributed by atoms with Crippen LogP contribution in [0.1, 0.15) is 18.9 Å². The van der Waals surface area contributed by atoms with Crippen molar-refractivity contribution in [2.24, 2.45) is 5.73 Å². The molecule has 0 radical (unpaired) electrons. The van der Waals surface area contributed by atoms with E-state index in [1.807, 2.05) is 24.3 Å². The fraction of sp³-hybridized carbons (Fsp3) is 0.417. The lowest BCUT2D eigenvalue weighted by atomic mass is 10.1. The molecule has 3 N–H and O–H groups in total. The lowest BCUT2D eigenvalue weighted by Gasteiger charge is -2.11. The van der Waals surface area contributed by atoms with E-state index in [0.29, 0.717) is 13.0 Å². The fourth-order valence-electron chi connectivity index (χ4n) is 1.42. The lowest BCUT2D eigenvalue weighted by molar-refractivity contribution is -0.116. The molecule has 96 valence electrons. The second kappa shape index (κ2) is 8.06. The fourth-order valence-corrected chi connectivity index (χ4v) is 1.42. The van der Waals surface area contributed by atoms with Gasteiger partial charge in [-0.15, -0.1) is 12.4 Å². The van der Waals surface area contributed by atoms with Crippen molar-refractivity contribution in [1.82, 2.24) is 0 Å². The number of amides is 1. The predicted octanol–water partition coefficient (Wildman–Crippen LogP) is 1.93. The molecule has 0 fully saturated rings. The highest BCUT2D eigenvalue weighted by Gasteiger charge is 2.07. The monoisotopic (exact) mass is 258 g/mol. The molecule has 1 aromatic rings. The van der Waals surface area contributed by atoms with Crippen molar-refractivity contribution < 1.29 is 9.53 Å². The Bertz CT molecular complexity index is 356. The molecule has 0 aliphatic rings. The summed E-state index contributed by atoms with van der Waals surface area (Å²) in [4.78, 5) is 11.5. The van der Waals surface area contributed by atoms with Crippen LogP contribution in [0.2, 0.25) is 0 Å². The molecule has 4 nitrogen and oxygen atoms in total. The molecule has 5 heteroatoms. The van der Waals surface area contributed by atoms with Crippen LogP contribution in [0.15, 0.2) is 24.3 Å². The smallest absolute Gasteiger partial charge is 0.225 e. The van der Waals surface area contributed by atoms with E-state index < -0.39 is 0 Å². The van der Waals surface area contributed by atoms with Crippen LogP contribution in [0, 0.1) is 0 Å². The van der Waals surface area contributed by atoms with Crippen molar-refractivity contribution in [1.29, 1.82) is 0 Å². The van der Waals surface area contributed by atoms with Gasteiger partial charge in [-0.3, -0.25) is 4.79 Å². The van der Waals surface area contributed by atoms with Crippen LogP contribution < -0.4 is 11.1 Å². The van der Waals surface area contributed by atoms with Gasteiger partial charge in [-0.1, -0.05) is 18.2 Å². The number of methoxy groups -OCH3 is 1. The van der Waals surface area contributed by atoms with Gasteiger partial charge >= 0.3 is 0 Å². The standard InChI is InChI=1S/C12H18N2O2.ClH/c1-9(13)7-12(15)14-11-6-4-3-5-10(11)8-16-2;/h3-6,9H,7-8,13H2,1-2H3,(H,14,15);1H. The number of nitrogens with one attached hydrogen (secondary N) is 1. The zero-order valence-electron chi connectivity index (χ0n) is 10.1. The molecule has 1 unspecified atom stereocenters. The number of halogens is 1. The SMILES string of the molecule is COCc1ccccc1NC(=O)CC(C)N.Cl. The molecular formula is C12H19ClN2O2. The number of nitrogens with two attached hydrogens (primary N) is 1. The summed E-state index contributed by atoms with van der Waals surface area (Å²) < 4.78 is 5.06. The number of hydrogen-bond donors (Lipinski definition) is 2. The van der Waals surface area contributed by atoms with E-state index in [1.54, 1.807) is 14.0 Å². The second-order valence-electron chi connectivity index (χ2n) is 3.82. The van der Waals surface area contributed by atoms with Crippen molar-refractivity contribution in [2.75, 3.05) is 12.4 Å². The number of anilines is 1. The quantitative estimate of drug-likeness (QED) is 0.848. The minimum Gasteiger partial charge on any atom is -0.380 e. The number of benzene rings is 1. The van der Waals surface area contributed by atoms with E-state index in [2.05, 4.69) is 5.32 Å². The maximum Gasteiger partial charge on any atom is 0.225 e. The Kier molecular flexibility index (Phi) is 7.54. The van der Waals surface area contributed by atoms with Crippen LogP contribution in [0.25, 0.3) is 0 Å². The first-order valence-electron chi connectivity index (χ1n) is 5.25. The first kappa shape index (κ1) is 15.9. The Morgan fingerprint density at radius 2 is 2.12 bits per heavy atom. The summed E-state index contributed by atoms with van der Waals surface area (Å²) in [7, 11) is 1.63. The van der Waals surface area contributed by atoms with E-state index in [9.17, 15) is 4.79 Å². The highest BCUT2D eigenvalue weighted by atomic mass is 35.5. The topological polar surface area (TPSA) is 64.3 Å². The summed E-state index contributed by atoms with van der Waals surface area (Å²) in [5.41, 5.74) is 7.31. The maximum absolute atomic E-state index is 11.5. The molecule has 0 saturated carbocycles. The van der Waals surface area contributed by atoms with E-state index in [-0.39, 0.29) is 24.4 Å². The third-order valence-electron chi connectivity index (χ3n) is 2.10. The molecule has 0 bridgehead atoms. The molecule has 0 aromatic heterocycles. The lowest BCUT2D eigenvalue weighted by Crippen LogP contribution is -2.24. The molecule has 0 spiro atoms. The number of rotatable bonds is 5. The third kappa shape index (κ3) is 5.68. The molecule has 0 aliphatic heterocycles. The molecule has 17 heavy (non-hydrogen) atoms. The summed E-state index contributed by atoms with van der Waals surface area (Å²) in [6.45, 7) is 2.29. The van der Waals surface area contributed by atoms with Crippen LogP contribution in [-0.4, -0.2) is 19.1 Å². The molecule has 0 aliphatic carbocycles. The molecule has 1 amide bonds. The van der Waals surface area contributed by atoms with Crippen molar-refractivity contribution >= 4 is 24.0 Å². The van der Waals surface area contributed by atoms with Gasteiger partial charge in [-0.25, -0.2) is 0 Å². The molecule has 1 rings (SSSR count). The number of ether oxygens (including phenoxy) is 1. The van der Waals surface area contributed by atoms with Gasteiger partial charge in [-0.2, -0.15) is 0 Å². The Labute approximate surface area is 108 Å². The Hall–Kier alpha value is -1.10. The van der Waals surface area contributed by atoms with Crippen LogP contribution >= 0.6 is 12.4 Å². The first-order valence-corrected chi connectivity index (χ1v) is 5.25. The molecule has 0 heterocycles. The van der Waals surface area contributed by atoms with Gasteiger partial charge in [0.05, 0.1) is 6.61 Å². The Morgan fingerprint density at radius 3 is 2.71 bits per heavy atom. The number of hydrogen-bond acceptors (Lipinski definition) is 3. The van der Waals surface area contributed by atoms with Crippen molar-refractivity contribution in [3.05, 3.63) is 29.8 Å². The molecular weight excluding hydrogens is 240 g/mol. The van der Waals surface area contributed by atoms with Crippen LogP contribution in [0.5, 0.6) is 0 Å². The Balaban J connectivity index is 0.00000256. The summed E-state index contributed by atoms with van der Waals surface area (Å²) in [6, 6.07) is 7.43. The Morgan fingerprint density at radius 1 is 1.47 bits per heavy atom. The van der Waals surface area contributed by atoms with Crippen LogP contribution in [0.3, 0.4) is 0 Å². The van der Waals surface area contributed by atoms with Crippen molar-refractivity contribution in [3.63, 3.8) is 0 Å². The summed E-state index contributed by atoms with van der Waals surface area (Å²) in [5, 5.41) is 2.83. The molecule has 1 aromatic carbocycles. The maximum atomic E-state index is 11.5. The summed E-state index contributed by atoms with van der Waals surface area (Å²) in [5.74, 6) is -0.0708. The number of para-hydroxylation sites is 1. The van der Waals surface area contributed by atoms with Gasteiger partial charge < -0.3 is 15.8 Å². The second-order valence-corrected chi connectivity index (χ2v) is 3.82. The van der Waals surface area contributed by atoms with Gasteiger partial charge in [0.25, 0.3) is 0 Å². The largest absolute Gasteiger partial charge is 0.380 e. The average Bonchev–Trinajstić information content (AvgIpc) is 2.20. The van der Waals surface area contributed by atoms with Gasteiger partial charge in [0.1, 0.15) is 0 Å². The van der Waals surface area contributed by atoms with Crippen molar-refractivity contribution in [2.45, 2.75) is 26.0 Å². The minimum absolute atomic E-state index is 0. The normalized spacial score (nSPS) is 11.5. The summed E-state index contributed by atoms with van der Waals surface area (Å²) >= 11 is 0. The summed E-state index contributed by atoms with van der Waals surface area (Å²) in [6.07, 6.45) is 0.321. The van der Waals surface area contributed by atoms with Gasteiger partial charge in [0, 0.05) is 30.8 Å². The molecule has 0 saturated heterocycles. The van der Waals surface area contributed by atoms with E-state index in [1.165, 1.54) is 0 Å². The number of carbonyl (C=O) groups is 1. The van der Waals surface area contributed by atoms with Crippen LogP contribution in [-0.2, 0) is 16.1 Å². The number of carbonyl (C=O) groups excluding carboxylic acids is 1. The predicted molar refractivity (Wildman–Crippen MR) is 71.3 cm³/mol. The van der Waals surface area contributed by atoms with Gasteiger partial charge in [0.2, 0.25) is 5.91 Å². The van der Waals surface area contributed by atoms with E-state index in [0.717, 1.165) is 11.3 Å². The van der Waals surface area contributed by atoms with Crippen LogP contribution in [0.4, 0.5) is 5.69 Å². The first-order chi connectivity index (χ1) is 7.63. The van der Waals surface area contributed by atoms with Crippen molar-refractivity contribution in [3.8, 4) is 0 Å². The minimum atomic E-state index is -0.130. The average molecular weight is 259 g/mol. The van der Waals surface area contributed by atoms with E-state index >= 15 is 0 Å². The zero-order valence-corrected chi connectivity index (χ0v) is 10.9. The zero-order chi connectivity index (χ0) is 12.0. The highest BCUT2D eigenvalue weighted by Crippen LogP contribution is 2.16. The van der Waals surface area contributed by atoms with E-state index in [4.69, 9.17) is 10.5 Å². The highest BCUT2D eigenvalue weighted by molar-refractivity contribution is 5.91. The molecule has 1 atom stereocenters.